The summed E-state index contributed by atoms with van der Waals surface area (Å²) in [7, 11) is 0. The lowest BCUT2D eigenvalue weighted by molar-refractivity contribution is -0.120. The lowest BCUT2D eigenvalue weighted by Gasteiger charge is -2.24. The van der Waals surface area contributed by atoms with Gasteiger partial charge in [-0.2, -0.15) is 11.8 Å². The fraction of sp³-hybridized carbons (Fsp3) is 0.278. The summed E-state index contributed by atoms with van der Waals surface area (Å²) in [5.41, 5.74) is 7.99. The number of hydrogen-bond donors (Lipinski definition) is 2. The van der Waals surface area contributed by atoms with Gasteiger partial charge in [0.25, 0.3) is 0 Å². The van der Waals surface area contributed by atoms with Gasteiger partial charge in [-0.3, -0.25) is 4.79 Å². The number of aryl methyl sites for hydroxylation is 1. The number of carbonyl (C=O) groups excluding carboxylic acids is 1. The molecule has 0 heterocycles. The highest BCUT2D eigenvalue weighted by molar-refractivity contribution is 7.98. The lowest BCUT2D eigenvalue weighted by atomic mass is 9.92. The minimum absolute atomic E-state index is 0.212. The van der Waals surface area contributed by atoms with E-state index in [9.17, 15) is 4.79 Å². The molecule has 1 amide bonds. The van der Waals surface area contributed by atoms with Crippen molar-refractivity contribution in [1.82, 2.24) is 0 Å². The average molecular weight is 314 g/mol. The first kappa shape index (κ1) is 16.6. The molecule has 0 radical (unpaired) electrons. The maximum atomic E-state index is 12.5. The number of amides is 1. The van der Waals surface area contributed by atoms with E-state index < -0.39 is 5.54 Å². The van der Waals surface area contributed by atoms with Crippen molar-refractivity contribution in [2.45, 2.75) is 18.9 Å². The third-order valence-corrected chi connectivity index (χ3v) is 4.26. The van der Waals surface area contributed by atoms with Crippen LogP contribution in [0, 0.1) is 0 Å². The quantitative estimate of drug-likeness (QED) is 0.859. The standard InChI is InChI=1S/C18H22N2OS/c1-18(19,15-6-4-3-5-7-15)17(21)20-16-10-8-14(9-11-16)12-13-22-2/h3-11H,12-13,19H2,1-2H3,(H,20,21). The molecule has 3 nitrogen and oxygen atoms in total. The smallest absolute Gasteiger partial charge is 0.248 e. The maximum Gasteiger partial charge on any atom is 0.248 e. The van der Waals surface area contributed by atoms with Crippen LogP contribution in [0.3, 0.4) is 0 Å². The van der Waals surface area contributed by atoms with Gasteiger partial charge < -0.3 is 11.1 Å². The SMILES string of the molecule is CSCCc1ccc(NC(=O)C(C)(N)c2ccccc2)cc1. The van der Waals surface area contributed by atoms with Crippen LogP contribution >= 0.6 is 11.8 Å². The molecule has 0 aliphatic carbocycles. The molecular formula is C18H22N2OS. The van der Waals surface area contributed by atoms with E-state index >= 15 is 0 Å². The minimum atomic E-state index is -1.06. The van der Waals surface area contributed by atoms with Crippen molar-refractivity contribution in [3.63, 3.8) is 0 Å². The highest BCUT2D eigenvalue weighted by atomic mass is 32.2. The summed E-state index contributed by atoms with van der Waals surface area (Å²) in [6, 6.07) is 17.3. The van der Waals surface area contributed by atoms with Gasteiger partial charge >= 0.3 is 0 Å². The summed E-state index contributed by atoms with van der Waals surface area (Å²) in [6.07, 6.45) is 3.13. The number of benzene rings is 2. The predicted molar refractivity (Wildman–Crippen MR) is 95.1 cm³/mol. The number of anilines is 1. The zero-order chi connectivity index (χ0) is 16.0. The first-order valence-electron chi connectivity index (χ1n) is 7.28. The van der Waals surface area contributed by atoms with Gasteiger partial charge in [0, 0.05) is 5.69 Å². The Balaban J connectivity index is 2.05. The second-order valence-corrected chi connectivity index (χ2v) is 6.45. The van der Waals surface area contributed by atoms with Gasteiger partial charge in [0.1, 0.15) is 5.54 Å². The van der Waals surface area contributed by atoms with Crippen molar-refractivity contribution in [3.8, 4) is 0 Å². The van der Waals surface area contributed by atoms with E-state index in [0.717, 1.165) is 23.4 Å². The Labute approximate surface area is 136 Å². The Hall–Kier alpha value is -1.78. The molecule has 0 saturated carbocycles. The Bertz CT molecular complexity index is 609. The molecule has 1 atom stereocenters. The molecule has 0 aromatic heterocycles. The van der Waals surface area contributed by atoms with E-state index in [-0.39, 0.29) is 5.91 Å². The van der Waals surface area contributed by atoms with Crippen LogP contribution in [0.4, 0.5) is 5.69 Å². The highest BCUT2D eigenvalue weighted by Crippen LogP contribution is 2.20. The van der Waals surface area contributed by atoms with Gasteiger partial charge in [-0.1, -0.05) is 42.5 Å². The van der Waals surface area contributed by atoms with Crippen LogP contribution in [0.5, 0.6) is 0 Å². The van der Waals surface area contributed by atoms with Crippen molar-refractivity contribution in [1.29, 1.82) is 0 Å². The largest absolute Gasteiger partial charge is 0.324 e. The Morgan fingerprint density at radius 3 is 2.36 bits per heavy atom. The molecule has 0 spiro atoms. The van der Waals surface area contributed by atoms with E-state index in [2.05, 4.69) is 11.6 Å². The van der Waals surface area contributed by atoms with Crippen LogP contribution in [0.15, 0.2) is 54.6 Å². The van der Waals surface area contributed by atoms with Crippen LogP contribution in [0.2, 0.25) is 0 Å². The maximum absolute atomic E-state index is 12.5. The molecule has 2 aromatic carbocycles. The molecule has 116 valence electrons. The molecule has 22 heavy (non-hydrogen) atoms. The molecule has 3 N–H and O–H groups in total. The molecule has 0 aliphatic rings. The van der Waals surface area contributed by atoms with Gasteiger partial charge in [0.2, 0.25) is 5.91 Å². The van der Waals surface area contributed by atoms with Gasteiger partial charge in [-0.05, 0) is 48.6 Å². The number of nitrogens with one attached hydrogen (secondary N) is 1. The lowest BCUT2D eigenvalue weighted by Crippen LogP contribution is -2.45. The summed E-state index contributed by atoms with van der Waals surface area (Å²) in [5, 5.41) is 2.89. The normalized spacial score (nSPS) is 13.4. The molecule has 2 aromatic rings. The van der Waals surface area contributed by atoms with Gasteiger partial charge in [-0.15, -0.1) is 0 Å². The predicted octanol–water partition coefficient (Wildman–Crippen LogP) is 3.40. The summed E-state index contributed by atoms with van der Waals surface area (Å²) in [5.74, 6) is 0.885. The van der Waals surface area contributed by atoms with Crippen molar-refractivity contribution < 1.29 is 4.79 Å². The molecule has 2 rings (SSSR count). The topological polar surface area (TPSA) is 55.1 Å². The van der Waals surface area contributed by atoms with Crippen molar-refractivity contribution in [2.24, 2.45) is 5.73 Å². The number of carbonyl (C=O) groups is 1. The zero-order valence-electron chi connectivity index (χ0n) is 13.0. The zero-order valence-corrected chi connectivity index (χ0v) is 13.8. The average Bonchev–Trinajstić information content (AvgIpc) is 2.55. The van der Waals surface area contributed by atoms with E-state index in [1.54, 1.807) is 6.92 Å². The molecule has 0 saturated heterocycles. The Morgan fingerprint density at radius 2 is 1.77 bits per heavy atom. The molecule has 0 aliphatic heterocycles. The molecule has 4 heteroatoms. The van der Waals surface area contributed by atoms with E-state index in [4.69, 9.17) is 5.73 Å². The summed E-state index contributed by atoms with van der Waals surface area (Å²) in [4.78, 5) is 12.5. The molecular weight excluding hydrogens is 292 g/mol. The van der Waals surface area contributed by atoms with Crippen molar-refractivity contribution in [3.05, 3.63) is 65.7 Å². The third kappa shape index (κ3) is 4.12. The summed E-state index contributed by atoms with van der Waals surface area (Å²) >= 11 is 1.83. The van der Waals surface area contributed by atoms with Crippen LogP contribution < -0.4 is 11.1 Å². The van der Waals surface area contributed by atoms with E-state index in [0.29, 0.717) is 0 Å². The van der Waals surface area contributed by atoms with E-state index in [1.807, 2.05) is 66.4 Å². The van der Waals surface area contributed by atoms with Gasteiger partial charge in [0.15, 0.2) is 0 Å². The monoisotopic (exact) mass is 314 g/mol. The summed E-state index contributed by atoms with van der Waals surface area (Å²) < 4.78 is 0. The van der Waals surface area contributed by atoms with Gasteiger partial charge in [0.05, 0.1) is 0 Å². The Kier molecular flexibility index (Phi) is 5.63. The fourth-order valence-electron chi connectivity index (χ4n) is 2.15. The second kappa shape index (κ2) is 7.47. The first-order chi connectivity index (χ1) is 10.5. The number of hydrogen-bond acceptors (Lipinski definition) is 3. The number of nitrogens with two attached hydrogens (primary N) is 1. The van der Waals surface area contributed by atoms with Crippen LogP contribution in [0.25, 0.3) is 0 Å². The van der Waals surface area contributed by atoms with Crippen molar-refractivity contribution in [2.75, 3.05) is 17.3 Å². The van der Waals surface area contributed by atoms with E-state index in [1.165, 1.54) is 5.56 Å². The highest BCUT2D eigenvalue weighted by Gasteiger charge is 2.30. The summed E-state index contributed by atoms with van der Waals surface area (Å²) in [6.45, 7) is 1.73. The number of rotatable bonds is 6. The minimum Gasteiger partial charge on any atom is -0.324 e. The second-order valence-electron chi connectivity index (χ2n) is 5.46. The Morgan fingerprint density at radius 1 is 1.14 bits per heavy atom. The van der Waals surface area contributed by atoms with Gasteiger partial charge in [-0.25, -0.2) is 0 Å². The third-order valence-electron chi connectivity index (χ3n) is 3.65. The van der Waals surface area contributed by atoms with Crippen LogP contribution in [-0.4, -0.2) is 17.9 Å². The molecule has 0 fully saturated rings. The van der Waals surface area contributed by atoms with Crippen molar-refractivity contribution >= 4 is 23.4 Å². The molecule has 0 bridgehead atoms. The molecule has 1 unspecified atom stereocenters. The fourth-order valence-corrected chi connectivity index (χ4v) is 2.59. The van der Waals surface area contributed by atoms with Crippen LogP contribution in [0.1, 0.15) is 18.1 Å². The van der Waals surface area contributed by atoms with Crippen LogP contribution in [-0.2, 0) is 16.8 Å². The number of thioether (sulfide) groups is 1. The first-order valence-corrected chi connectivity index (χ1v) is 8.67.